The SMILES string of the molecule is CCc1conc1CCC(F)(F)F. The van der Waals surface area contributed by atoms with Crippen LogP contribution in [0.5, 0.6) is 0 Å². The van der Waals surface area contributed by atoms with Gasteiger partial charge in [0.1, 0.15) is 6.26 Å². The van der Waals surface area contributed by atoms with Crippen LogP contribution in [0.2, 0.25) is 0 Å². The number of aryl methyl sites for hydroxylation is 2. The second kappa shape index (κ2) is 3.81. The van der Waals surface area contributed by atoms with Gasteiger partial charge in [-0.05, 0) is 6.42 Å². The highest BCUT2D eigenvalue weighted by molar-refractivity contribution is 5.14. The van der Waals surface area contributed by atoms with Crippen LogP contribution >= 0.6 is 0 Å². The predicted molar refractivity (Wildman–Crippen MR) is 40.3 cm³/mol. The molecule has 0 aliphatic heterocycles. The monoisotopic (exact) mass is 193 g/mol. The maximum absolute atomic E-state index is 11.8. The molecule has 5 heteroatoms. The topological polar surface area (TPSA) is 26.0 Å². The van der Waals surface area contributed by atoms with Gasteiger partial charge >= 0.3 is 6.18 Å². The predicted octanol–water partition coefficient (Wildman–Crippen LogP) is 2.73. The zero-order valence-corrected chi connectivity index (χ0v) is 7.19. The zero-order valence-electron chi connectivity index (χ0n) is 7.19. The van der Waals surface area contributed by atoms with E-state index in [-0.39, 0.29) is 6.42 Å². The van der Waals surface area contributed by atoms with Gasteiger partial charge in [0.25, 0.3) is 0 Å². The second-order valence-electron chi connectivity index (χ2n) is 2.76. The fraction of sp³-hybridized carbons (Fsp3) is 0.625. The first-order chi connectivity index (χ1) is 6.03. The normalized spacial score (nSPS) is 12.0. The first-order valence-corrected chi connectivity index (χ1v) is 4.02. The van der Waals surface area contributed by atoms with Gasteiger partial charge in [0, 0.05) is 18.4 Å². The highest BCUT2D eigenvalue weighted by atomic mass is 19.4. The van der Waals surface area contributed by atoms with Gasteiger partial charge in [-0.15, -0.1) is 0 Å². The van der Waals surface area contributed by atoms with E-state index in [0.717, 1.165) is 5.56 Å². The lowest BCUT2D eigenvalue weighted by Gasteiger charge is -2.03. The number of aromatic nitrogens is 1. The third-order valence-electron chi connectivity index (χ3n) is 1.75. The van der Waals surface area contributed by atoms with Gasteiger partial charge in [0.2, 0.25) is 0 Å². The second-order valence-corrected chi connectivity index (χ2v) is 2.76. The molecular weight excluding hydrogens is 183 g/mol. The van der Waals surface area contributed by atoms with Crippen molar-refractivity contribution in [1.29, 1.82) is 0 Å². The van der Waals surface area contributed by atoms with Crippen molar-refractivity contribution in [2.24, 2.45) is 0 Å². The molecular formula is C8H10F3NO. The van der Waals surface area contributed by atoms with Gasteiger partial charge in [0.05, 0.1) is 5.69 Å². The van der Waals surface area contributed by atoms with Gasteiger partial charge in [-0.2, -0.15) is 13.2 Å². The van der Waals surface area contributed by atoms with E-state index in [1.54, 1.807) is 0 Å². The van der Waals surface area contributed by atoms with Crippen molar-refractivity contribution in [1.82, 2.24) is 5.16 Å². The van der Waals surface area contributed by atoms with Gasteiger partial charge in [-0.3, -0.25) is 0 Å². The lowest BCUT2D eigenvalue weighted by molar-refractivity contribution is -0.134. The van der Waals surface area contributed by atoms with Crippen molar-refractivity contribution in [2.45, 2.75) is 32.4 Å². The third kappa shape index (κ3) is 3.08. The summed E-state index contributed by atoms with van der Waals surface area (Å²) in [5, 5.41) is 3.52. The third-order valence-corrected chi connectivity index (χ3v) is 1.75. The quantitative estimate of drug-likeness (QED) is 0.737. The molecule has 0 radical (unpaired) electrons. The summed E-state index contributed by atoms with van der Waals surface area (Å²) in [5.41, 5.74) is 1.17. The Balaban J connectivity index is 2.54. The molecule has 1 rings (SSSR count). The van der Waals surface area contributed by atoms with Crippen molar-refractivity contribution in [3.63, 3.8) is 0 Å². The summed E-state index contributed by atoms with van der Waals surface area (Å²) in [7, 11) is 0. The Kier molecular flexibility index (Phi) is 2.95. The number of halogens is 3. The van der Waals surface area contributed by atoms with Crippen molar-refractivity contribution in [2.75, 3.05) is 0 Å². The van der Waals surface area contributed by atoms with E-state index < -0.39 is 12.6 Å². The van der Waals surface area contributed by atoms with Crippen molar-refractivity contribution >= 4 is 0 Å². The Bertz CT molecular complexity index is 267. The maximum atomic E-state index is 11.8. The summed E-state index contributed by atoms with van der Waals surface area (Å²) in [5.74, 6) is 0. The van der Waals surface area contributed by atoms with Crippen LogP contribution in [0.1, 0.15) is 24.6 Å². The molecule has 1 heterocycles. The standard InChI is InChI=1S/C8H10F3NO/c1-2-6-5-13-12-7(6)3-4-8(9,10)11/h5H,2-4H2,1H3. The van der Waals surface area contributed by atoms with E-state index in [1.165, 1.54) is 6.26 Å². The Morgan fingerprint density at radius 1 is 1.46 bits per heavy atom. The number of alkyl halides is 3. The summed E-state index contributed by atoms with van der Waals surface area (Å²) in [4.78, 5) is 0. The summed E-state index contributed by atoms with van der Waals surface area (Å²) < 4.78 is 40.1. The van der Waals surface area contributed by atoms with E-state index in [1.807, 2.05) is 6.92 Å². The number of hydrogen-bond acceptors (Lipinski definition) is 2. The average Bonchev–Trinajstić information content (AvgIpc) is 2.46. The summed E-state index contributed by atoms with van der Waals surface area (Å²) >= 11 is 0. The lowest BCUT2D eigenvalue weighted by atomic mass is 10.1. The molecule has 0 bridgehead atoms. The Labute approximate surface area is 73.7 Å². The number of nitrogens with zero attached hydrogens (tertiary/aromatic N) is 1. The van der Waals surface area contributed by atoms with E-state index in [4.69, 9.17) is 0 Å². The molecule has 1 aromatic rings. The van der Waals surface area contributed by atoms with Gasteiger partial charge in [-0.1, -0.05) is 12.1 Å². The summed E-state index contributed by atoms with van der Waals surface area (Å²) in [6, 6.07) is 0. The molecule has 0 amide bonds. The molecule has 0 spiro atoms. The van der Waals surface area contributed by atoms with Crippen LogP contribution in [0.3, 0.4) is 0 Å². The molecule has 2 nitrogen and oxygen atoms in total. The molecule has 0 aromatic carbocycles. The fourth-order valence-electron chi connectivity index (χ4n) is 1.03. The smallest absolute Gasteiger partial charge is 0.364 e. The van der Waals surface area contributed by atoms with Crippen LogP contribution in [0.4, 0.5) is 13.2 Å². The first kappa shape index (κ1) is 10.1. The molecule has 74 valence electrons. The van der Waals surface area contributed by atoms with E-state index in [9.17, 15) is 13.2 Å². The maximum Gasteiger partial charge on any atom is 0.389 e. The molecule has 1 aromatic heterocycles. The minimum atomic E-state index is -4.12. The first-order valence-electron chi connectivity index (χ1n) is 4.02. The average molecular weight is 193 g/mol. The zero-order chi connectivity index (χ0) is 9.90. The molecule has 0 unspecified atom stereocenters. The van der Waals surface area contributed by atoms with E-state index in [2.05, 4.69) is 9.68 Å². The largest absolute Gasteiger partial charge is 0.389 e. The molecule has 0 saturated heterocycles. The Hall–Kier alpha value is -1.00. The van der Waals surface area contributed by atoms with Gasteiger partial charge in [-0.25, -0.2) is 0 Å². The van der Waals surface area contributed by atoms with Crippen LogP contribution in [0, 0.1) is 0 Å². The van der Waals surface area contributed by atoms with Crippen LogP contribution in [0.25, 0.3) is 0 Å². The van der Waals surface area contributed by atoms with Crippen LogP contribution in [0.15, 0.2) is 10.8 Å². The molecule has 0 saturated carbocycles. The molecule has 13 heavy (non-hydrogen) atoms. The van der Waals surface area contributed by atoms with Gasteiger partial charge in [0.15, 0.2) is 0 Å². The van der Waals surface area contributed by atoms with Crippen molar-refractivity contribution in [3.05, 3.63) is 17.5 Å². The molecule has 0 N–H and O–H groups in total. The Morgan fingerprint density at radius 2 is 2.15 bits per heavy atom. The Morgan fingerprint density at radius 3 is 2.69 bits per heavy atom. The summed E-state index contributed by atoms with van der Waals surface area (Å²) in [6.07, 6.45) is -3.01. The molecule has 0 aliphatic carbocycles. The fourth-order valence-corrected chi connectivity index (χ4v) is 1.03. The van der Waals surface area contributed by atoms with Crippen LogP contribution < -0.4 is 0 Å². The van der Waals surface area contributed by atoms with E-state index >= 15 is 0 Å². The summed E-state index contributed by atoms with van der Waals surface area (Å²) in [6.45, 7) is 1.85. The number of hydrogen-bond donors (Lipinski definition) is 0. The van der Waals surface area contributed by atoms with Crippen LogP contribution in [-0.4, -0.2) is 11.3 Å². The number of rotatable bonds is 3. The van der Waals surface area contributed by atoms with Crippen molar-refractivity contribution in [3.8, 4) is 0 Å². The lowest BCUT2D eigenvalue weighted by Crippen LogP contribution is -2.09. The minimum Gasteiger partial charge on any atom is -0.364 e. The highest BCUT2D eigenvalue weighted by Crippen LogP contribution is 2.22. The molecule has 0 aliphatic rings. The van der Waals surface area contributed by atoms with Gasteiger partial charge < -0.3 is 4.52 Å². The molecule has 0 atom stereocenters. The minimum absolute atomic E-state index is 0.0941. The van der Waals surface area contributed by atoms with E-state index in [0.29, 0.717) is 12.1 Å². The molecule has 0 fully saturated rings. The van der Waals surface area contributed by atoms with Crippen LogP contribution in [-0.2, 0) is 12.8 Å². The highest BCUT2D eigenvalue weighted by Gasteiger charge is 2.27. The van der Waals surface area contributed by atoms with Crippen molar-refractivity contribution < 1.29 is 17.7 Å².